The van der Waals surface area contributed by atoms with Crippen molar-refractivity contribution >= 4 is 63.1 Å². The van der Waals surface area contributed by atoms with Crippen molar-refractivity contribution in [2.45, 2.75) is 10.1 Å². The van der Waals surface area contributed by atoms with Crippen LogP contribution in [0.4, 0.5) is 5.00 Å². The smallest absolute Gasteiger partial charge is 0.252 e. The summed E-state index contributed by atoms with van der Waals surface area (Å²) in [6.45, 7) is 0. The second-order valence-corrected chi connectivity index (χ2v) is 7.09. The Morgan fingerprint density at radius 2 is 1.95 bits per heavy atom. The topological polar surface area (TPSA) is 37.4 Å². The number of carbonyl (C=O) groups excluding carboxylic acids is 2. The molecule has 1 unspecified atom stereocenters. The molecule has 0 saturated carbocycles. The monoisotopic (exact) mass is 357 g/mol. The molecule has 1 aliphatic rings. The highest BCUT2D eigenvalue weighted by Gasteiger charge is 2.38. The number of fused-ring (bicyclic) bond motifs is 1. The average molecular weight is 358 g/mol. The van der Waals surface area contributed by atoms with Crippen molar-refractivity contribution in [2.24, 2.45) is 0 Å². The minimum absolute atomic E-state index is 0.221. The van der Waals surface area contributed by atoms with Crippen molar-refractivity contribution < 1.29 is 9.59 Å². The summed E-state index contributed by atoms with van der Waals surface area (Å²) in [5.41, 5.74) is 0.818. The fourth-order valence-electron chi connectivity index (χ4n) is 2.08. The maximum Gasteiger partial charge on any atom is 0.252 e. The van der Waals surface area contributed by atoms with Gasteiger partial charge in [-0.1, -0.05) is 23.7 Å². The molecule has 1 aromatic carbocycles. The van der Waals surface area contributed by atoms with Gasteiger partial charge in [0.2, 0.25) is 5.91 Å². The number of imide groups is 1. The van der Waals surface area contributed by atoms with Crippen LogP contribution in [0.3, 0.4) is 0 Å². The number of alkyl halides is 1. The molecule has 1 aliphatic heterocycles. The van der Waals surface area contributed by atoms with E-state index in [0.29, 0.717) is 10.0 Å². The molecule has 21 heavy (non-hydrogen) atoms. The van der Waals surface area contributed by atoms with Crippen molar-refractivity contribution in [1.29, 1.82) is 0 Å². The second kappa shape index (κ2) is 6.01. The lowest BCUT2D eigenvalue weighted by molar-refractivity contribution is -0.125. The largest absolute Gasteiger partial charge is 0.273 e. The van der Waals surface area contributed by atoms with Crippen LogP contribution in [-0.4, -0.2) is 17.7 Å². The van der Waals surface area contributed by atoms with E-state index in [0.717, 1.165) is 10.5 Å². The van der Waals surface area contributed by atoms with Gasteiger partial charge >= 0.3 is 0 Å². The number of anilines is 1. The van der Waals surface area contributed by atoms with Gasteiger partial charge in [-0.15, -0.1) is 34.7 Å². The van der Waals surface area contributed by atoms with Crippen LogP contribution < -0.4 is 4.90 Å². The molecule has 0 aliphatic carbocycles. The molecule has 2 aromatic rings. The predicted molar refractivity (Wildman–Crippen MR) is 87.6 cm³/mol. The molecule has 7 heteroatoms. The van der Waals surface area contributed by atoms with Crippen LogP contribution in [0.1, 0.15) is 10.8 Å². The van der Waals surface area contributed by atoms with Gasteiger partial charge in [0.1, 0.15) is 16.1 Å². The minimum Gasteiger partial charge on any atom is -0.273 e. The third-order valence-corrected chi connectivity index (χ3v) is 5.84. The van der Waals surface area contributed by atoms with E-state index in [2.05, 4.69) is 0 Å². The summed E-state index contributed by atoms with van der Waals surface area (Å²) in [5.74, 6) is -0.881. The summed E-state index contributed by atoms with van der Waals surface area (Å²) in [6, 6.07) is 8.99. The molecule has 0 radical (unpaired) electrons. The van der Waals surface area contributed by atoms with Crippen LogP contribution >= 0.6 is 46.3 Å². The van der Waals surface area contributed by atoms with Crippen LogP contribution in [0.2, 0.25) is 5.02 Å². The summed E-state index contributed by atoms with van der Waals surface area (Å²) in [5, 5.41) is 2.67. The van der Waals surface area contributed by atoms with E-state index in [-0.39, 0.29) is 11.8 Å². The Bertz CT molecular complexity index is 699. The highest BCUT2D eigenvalue weighted by Crippen LogP contribution is 2.49. The Morgan fingerprint density at radius 3 is 2.62 bits per heavy atom. The highest BCUT2D eigenvalue weighted by atomic mass is 35.5. The number of benzene rings is 1. The van der Waals surface area contributed by atoms with Gasteiger partial charge in [0.05, 0.1) is 0 Å². The molecule has 0 bridgehead atoms. The van der Waals surface area contributed by atoms with Crippen molar-refractivity contribution in [2.75, 3.05) is 10.8 Å². The van der Waals surface area contributed by atoms with Gasteiger partial charge in [-0.2, -0.15) is 0 Å². The number of thiophene rings is 1. The zero-order valence-corrected chi connectivity index (χ0v) is 13.7. The zero-order chi connectivity index (χ0) is 15.0. The van der Waals surface area contributed by atoms with Gasteiger partial charge < -0.3 is 0 Å². The number of carbonyl (C=O) groups is 2. The molecule has 2 amide bonds. The van der Waals surface area contributed by atoms with E-state index in [9.17, 15) is 9.59 Å². The van der Waals surface area contributed by atoms with E-state index >= 15 is 0 Å². The van der Waals surface area contributed by atoms with Crippen LogP contribution in [0.25, 0.3) is 0 Å². The standard InChI is InChI=1S/C14H9Cl2NO2S2/c15-7-11(18)17-13(19)12(8-1-3-9(16)4-2-8)21-10-5-6-20-14(10)17/h1-6,12H,7H2. The summed E-state index contributed by atoms with van der Waals surface area (Å²) in [4.78, 5) is 26.8. The van der Waals surface area contributed by atoms with E-state index in [1.54, 1.807) is 24.3 Å². The number of thioether (sulfide) groups is 1. The lowest BCUT2D eigenvalue weighted by atomic mass is 10.1. The third-order valence-electron chi connectivity index (χ3n) is 3.04. The maximum atomic E-state index is 12.7. The molecule has 108 valence electrons. The van der Waals surface area contributed by atoms with E-state index in [1.165, 1.54) is 28.0 Å². The maximum absolute atomic E-state index is 12.7. The van der Waals surface area contributed by atoms with Crippen LogP contribution in [0, 0.1) is 0 Å². The Morgan fingerprint density at radius 1 is 1.24 bits per heavy atom. The van der Waals surface area contributed by atoms with Gasteiger partial charge in [-0.3, -0.25) is 9.59 Å². The normalized spacial score (nSPS) is 17.7. The Kier molecular flexibility index (Phi) is 4.26. The molecule has 0 saturated heterocycles. The molecule has 0 N–H and O–H groups in total. The van der Waals surface area contributed by atoms with E-state index in [1.807, 2.05) is 11.4 Å². The van der Waals surface area contributed by atoms with Gasteiger partial charge in [0.15, 0.2) is 0 Å². The van der Waals surface area contributed by atoms with E-state index in [4.69, 9.17) is 23.2 Å². The Hall–Kier alpha value is -1.01. The molecule has 3 rings (SSSR count). The van der Waals surface area contributed by atoms with Crippen LogP contribution in [0.15, 0.2) is 40.6 Å². The quantitative estimate of drug-likeness (QED) is 0.749. The van der Waals surface area contributed by atoms with Crippen LogP contribution in [0.5, 0.6) is 0 Å². The SMILES string of the molecule is O=C(CCl)N1C(=O)C(c2ccc(Cl)cc2)Sc2ccsc21. The van der Waals surface area contributed by atoms with Gasteiger partial charge in [0.25, 0.3) is 5.91 Å². The van der Waals surface area contributed by atoms with Crippen molar-refractivity contribution in [3.8, 4) is 0 Å². The lowest BCUT2D eigenvalue weighted by Gasteiger charge is -2.29. The fraction of sp³-hybridized carbons (Fsp3) is 0.143. The summed E-state index contributed by atoms with van der Waals surface area (Å²) in [6.07, 6.45) is 0. The number of nitrogens with zero attached hydrogens (tertiary/aromatic N) is 1. The lowest BCUT2D eigenvalue weighted by Crippen LogP contribution is -2.42. The van der Waals surface area contributed by atoms with Crippen molar-refractivity contribution in [3.05, 3.63) is 46.3 Å². The molecule has 1 atom stereocenters. The molecular weight excluding hydrogens is 349 g/mol. The number of hydrogen-bond donors (Lipinski definition) is 0. The van der Waals surface area contributed by atoms with E-state index < -0.39 is 11.2 Å². The second-order valence-electron chi connectivity index (χ2n) is 4.34. The first-order valence-electron chi connectivity index (χ1n) is 6.04. The Labute approximate surface area is 139 Å². The summed E-state index contributed by atoms with van der Waals surface area (Å²) >= 11 is 14.3. The molecule has 1 aromatic heterocycles. The van der Waals surface area contributed by atoms with Gasteiger partial charge in [0, 0.05) is 9.92 Å². The molecular formula is C14H9Cl2NO2S2. The molecule has 0 spiro atoms. The van der Waals surface area contributed by atoms with Gasteiger partial charge in [-0.05, 0) is 29.1 Å². The Balaban J connectivity index is 2.03. The first kappa shape index (κ1) is 14.9. The number of hydrogen-bond acceptors (Lipinski definition) is 4. The van der Waals surface area contributed by atoms with Crippen molar-refractivity contribution in [3.63, 3.8) is 0 Å². The number of rotatable bonds is 2. The average Bonchev–Trinajstić information content (AvgIpc) is 2.95. The highest BCUT2D eigenvalue weighted by molar-refractivity contribution is 8.00. The first-order chi connectivity index (χ1) is 10.1. The first-order valence-corrected chi connectivity index (χ1v) is 8.71. The fourth-order valence-corrected chi connectivity index (χ4v) is 4.61. The summed E-state index contributed by atoms with van der Waals surface area (Å²) < 4.78 is 0. The minimum atomic E-state index is -0.462. The zero-order valence-electron chi connectivity index (χ0n) is 10.6. The van der Waals surface area contributed by atoms with Crippen molar-refractivity contribution in [1.82, 2.24) is 0 Å². The molecule has 0 fully saturated rings. The predicted octanol–water partition coefficient (Wildman–Crippen LogP) is 4.35. The van der Waals surface area contributed by atoms with Crippen LogP contribution in [-0.2, 0) is 9.59 Å². The molecule has 2 heterocycles. The third kappa shape index (κ3) is 2.71. The molecule has 3 nitrogen and oxygen atoms in total. The number of amides is 2. The van der Waals surface area contributed by atoms with Gasteiger partial charge in [-0.25, -0.2) is 4.90 Å². The summed E-state index contributed by atoms with van der Waals surface area (Å²) in [7, 11) is 0. The number of halogens is 2.